The quantitative estimate of drug-likeness (QED) is 0.607. The van der Waals surface area contributed by atoms with E-state index in [0.29, 0.717) is 23.7 Å². The predicted molar refractivity (Wildman–Crippen MR) is 125 cm³/mol. The Morgan fingerprint density at radius 2 is 1.59 bits per heavy atom. The lowest BCUT2D eigenvalue weighted by atomic mass is 9.89. The summed E-state index contributed by atoms with van der Waals surface area (Å²) < 4.78 is 40.5. The third kappa shape index (κ3) is 6.77. The van der Waals surface area contributed by atoms with E-state index in [-0.39, 0.29) is 10.8 Å². The molecule has 1 aliphatic rings. The molecule has 2 aromatic carbocycles. The first-order valence-corrected chi connectivity index (χ1v) is 12.6. The largest absolute Gasteiger partial charge is 0.337 e. The van der Waals surface area contributed by atoms with Gasteiger partial charge in [-0.15, -0.1) is 0 Å². The number of benzene rings is 2. The molecular formula is C24H32FN3O3S. The summed E-state index contributed by atoms with van der Waals surface area (Å²) in [4.78, 5) is 17.2. The molecule has 1 fully saturated rings. The fraction of sp³-hybridized carbons (Fsp3) is 0.458. The van der Waals surface area contributed by atoms with Gasteiger partial charge in [0.15, 0.2) is 0 Å². The molecule has 1 aliphatic carbocycles. The van der Waals surface area contributed by atoms with E-state index in [1.54, 1.807) is 24.3 Å². The van der Waals surface area contributed by atoms with E-state index in [1.165, 1.54) is 31.4 Å². The van der Waals surface area contributed by atoms with Gasteiger partial charge in [-0.25, -0.2) is 12.8 Å². The van der Waals surface area contributed by atoms with Crippen LogP contribution in [0.3, 0.4) is 0 Å². The van der Waals surface area contributed by atoms with Crippen LogP contribution in [-0.2, 0) is 10.0 Å². The minimum atomic E-state index is -3.83. The zero-order valence-corrected chi connectivity index (χ0v) is 19.6. The maximum Gasteiger partial charge on any atom is 0.261 e. The molecule has 0 bridgehead atoms. The third-order valence-corrected chi connectivity index (χ3v) is 7.21. The van der Waals surface area contributed by atoms with Crippen molar-refractivity contribution in [2.75, 3.05) is 38.5 Å². The van der Waals surface area contributed by atoms with Gasteiger partial charge in [-0.2, -0.15) is 0 Å². The molecule has 2 aromatic rings. The van der Waals surface area contributed by atoms with Crippen molar-refractivity contribution >= 4 is 21.6 Å². The van der Waals surface area contributed by atoms with E-state index in [2.05, 4.69) is 9.62 Å². The summed E-state index contributed by atoms with van der Waals surface area (Å²) in [5.74, 6) is 0.000817. The monoisotopic (exact) mass is 461 g/mol. The Morgan fingerprint density at radius 1 is 0.969 bits per heavy atom. The molecule has 1 N–H and O–H groups in total. The molecule has 1 amide bonds. The first-order chi connectivity index (χ1) is 15.2. The number of sulfonamides is 1. The molecule has 0 atom stereocenters. The van der Waals surface area contributed by atoms with Crippen molar-refractivity contribution in [3.05, 3.63) is 59.9 Å². The van der Waals surface area contributed by atoms with Crippen LogP contribution in [0.5, 0.6) is 0 Å². The highest BCUT2D eigenvalue weighted by atomic mass is 32.2. The SMILES string of the molecule is CN(C)CCN(CC1CCCCC1)C(=O)c1ccc(NS(=O)(=O)c2ccc(F)cc2)cc1. The molecule has 0 saturated heterocycles. The minimum absolute atomic E-state index is 0.0265. The summed E-state index contributed by atoms with van der Waals surface area (Å²) in [6.45, 7) is 2.20. The maximum absolute atomic E-state index is 13.2. The second-order valence-electron chi connectivity index (χ2n) is 8.70. The van der Waals surface area contributed by atoms with Gasteiger partial charge in [0.2, 0.25) is 0 Å². The highest BCUT2D eigenvalue weighted by Gasteiger charge is 2.22. The Morgan fingerprint density at radius 3 is 2.19 bits per heavy atom. The van der Waals surface area contributed by atoms with E-state index in [0.717, 1.165) is 38.1 Å². The molecule has 0 spiro atoms. The third-order valence-electron chi connectivity index (χ3n) is 5.82. The Labute approximate surface area is 190 Å². The second-order valence-corrected chi connectivity index (χ2v) is 10.4. The van der Waals surface area contributed by atoms with E-state index >= 15 is 0 Å². The number of nitrogens with zero attached hydrogens (tertiary/aromatic N) is 2. The molecule has 6 nitrogen and oxygen atoms in total. The number of amides is 1. The Hall–Kier alpha value is -2.45. The Bertz CT molecular complexity index is 986. The molecule has 0 aromatic heterocycles. The van der Waals surface area contributed by atoms with Crippen LogP contribution in [0.1, 0.15) is 42.5 Å². The summed E-state index contributed by atoms with van der Waals surface area (Å²) in [7, 11) is 0.148. The maximum atomic E-state index is 13.2. The number of likely N-dealkylation sites (N-methyl/N-ethyl adjacent to an activating group) is 1. The van der Waals surface area contributed by atoms with Gasteiger partial charge in [-0.1, -0.05) is 19.3 Å². The van der Waals surface area contributed by atoms with E-state index in [1.807, 2.05) is 19.0 Å². The van der Waals surface area contributed by atoms with Gasteiger partial charge in [0.05, 0.1) is 4.90 Å². The number of hydrogen-bond donors (Lipinski definition) is 1. The summed E-state index contributed by atoms with van der Waals surface area (Å²) in [5.41, 5.74) is 0.877. The van der Waals surface area contributed by atoms with Crippen LogP contribution in [0.25, 0.3) is 0 Å². The number of nitrogens with one attached hydrogen (secondary N) is 1. The van der Waals surface area contributed by atoms with Gasteiger partial charge in [0, 0.05) is 30.9 Å². The normalized spacial score (nSPS) is 15.0. The smallest absolute Gasteiger partial charge is 0.261 e. The lowest BCUT2D eigenvalue weighted by molar-refractivity contribution is 0.0701. The van der Waals surface area contributed by atoms with E-state index in [9.17, 15) is 17.6 Å². The van der Waals surface area contributed by atoms with Crippen molar-refractivity contribution < 1.29 is 17.6 Å². The lowest BCUT2D eigenvalue weighted by Gasteiger charge is -2.31. The second kappa shape index (κ2) is 10.9. The van der Waals surface area contributed by atoms with Crippen molar-refractivity contribution in [3.8, 4) is 0 Å². The molecular weight excluding hydrogens is 429 g/mol. The number of carbonyl (C=O) groups excluding carboxylic acids is 1. The number of anilines is 1. The first-order valence-electron chi connectivity index (χ1n) is 11.1. The van der Waals surface area contributed by atoms with Gasteiger partial charge in [-0.3, -0.25) is 9.52 Å². The zero-order chi connectivity index (χ0) is 23.1. The molecule has 0 radical (unpaired) electrons. The zero-order valence-electron chi connectivity index (χ0n) is 18.8. The van der Waals surface area contributed by atoms with E-state index < -0.39 is 15.8 Å². The minimum Gasteiger partial charge on any atom is -0.337 e. The molecule has 174 valence electrons. The fourth-order valence-corrected chi connectivity index (χ4v) is 5.03. The van der Waals surface area contributed by atoms with Gasteiger partial charge >= 0.3 is 0 Å². The lowest BCUT2D eigenvalue weighted by Crippen LogP contribution is -2.40. The van der Waals surface area contributed by atoms with Crippen LogP contribution in [0.15, 0.2) is 53.4 Å². The van der Waals surface area contributed by atoms with Gasteiger partial charge < -0.3 is 9.80 Å². The van der Waals surface area contributed by atoms with Crippen molar-refractivity contribution in [2.45, 2.75) is 37.0 Å². The van der Waals surface area contributed by atoms with Crippen LogP contribution in [0, 0.1) is 11.7 Å². The topological polar surface area (TPSA) is 69.7 Å². The van der Waals surface area contributed by atoms with Crippen molar-refractivity contribution in [1.82, 2.24) is 9.80 Å². The first kappa shape index (κ1) is 24.2. The van der Waals surface area contributed by atoms with Crippen LogP contribution in [-0.4, -0.2) is 57.9 Å². The Balaban J connectivity index is 1.70. The summed E-state index contributed by atoms with van der Waals surface area (Å²) in [6.07, 6.45) is 6.05. The van der Waals surface area contributed by atoms with Gasteiger partial charge in [0.1, 0.15) is 5.82 Å². The highest BCUT2D eigenvalue weighted by molar-refractivity contribution is 7.92. The van der Waals surface area contributed by atoms with Gasteiger partial charge in [-0.05, 0) is 81.4 Å². The van der Waals surface area contributed by atoms with Crippen LogP contribution in [0.2, 0.25) is 0 Å². The highest BCUT2D eigenvalue weighted by Crippen LogP contribution is 2.25. The van der Waals surface area contributed by atoms with Crippen molar-refractivity contribution in [3.63, 3.8) is 0 Å². The van der Waals surface area contributed by atoms with Crippen molar-refractivity contribution in [1.29, 1.82) is 0 Å². The van der Waals surface area contributed by atoms with Crippen LogP contribution < -0.4 is 4.72 Å². The number of halogens is 1. The fourth-order valence-electron chi connectivity index (χ4n) is 3.97. The standard InChI is InChI=1S/C24H32FN3O3S/c1-27(2)16-17-28(18-19-6-4-3-5-7-19)24(29)20-8-12-22(13-9-20)26-32(30,31)23-14-10-21(25)11-15-23/h8-15,19,26H,3-7,16-18H2,1-2H3. The summed E-state index contributed by atoms with van der Waals surface area (Å²) in [6, 6.07) is 11.1. The molecule has 0 unspecified atom stereocenters. The predicted octanol–water partition coefficient (Wildman–Crippen LogP) is 4.21. The van der Waals surface area contributed by atoms with Crippen LogP contribution >= 0.6 is 0 Å². The van der Waals surface area contributed by atoms with Crippen molar-refractivity contribution in [2.24, 2.45) is 5.92 Å². The average Bonchev–Trinajstić information content (AvgIpc) is 2.77. The molecule has 1 saturated carbocycles. The molecule has 0 aliphatic heterocycles. The Kier molecular flexibility index (Phi) is 8.26. The molecule has 0 heterocycles. The molecule has 3 rings (SSSR count). The average molecular weight is 462 g/mol. The number of rotatable bonds is 9. The number of hydrogen-bond acceptors (Lipinski definition) is 4. The van der Waals surface area contributed by atoms with Gasteiger partial charge in [0.25, 0.3) is 15.9 Å². The molecule has 8 heteroatoms. The van der Waals surface area contributed by atoms with E-state index in [4.69, 9.17) is 0 Å². The summed E-state index contributed by atoms with van der Waals surface area (Å²) in [5, 5.41) is 0. The molecule has 32 heavy (non-hydrogen) atoms. The summed E-state index contributed by atoms with van der Waals surface area (Å²) >= 11 is 0. The van der Waals surface area contributed by atoms with Crippen LogP contribution in [0.4, 0.5) is 10.1 Å². The number of carbonyl (C=O) groups is 1.